The molecule has 1 unspecified atom stereocenters. The zero-order valence-electron chi connectivity index (χ0n) is 10.5. The van der Waals surface area contributed by atoms with Crippen molar-refractivity contribution >= 4 is 23.4 Å². The Hall–Kier alpha value is -0.680. The first-order chi connectivity index (χ1) is 8.24. The van der Waals surface area contributed by atoms with E-state index < -0.39 is 6.09 Å². The first-order valence-corrected chi connectivity index (χ1v) is 6.87. The van der Waals surface area contributed by atoms with Crippen LogP contribution in [0.3, 0.4) is 0 Å². The molecular weight excluding hydrogens is 236 g/mol. The molecule has 0 saturated carbocycles. The van der Waals surface area contributed by atoms with E-state index in [1.165, 1.54) is 12.8 Å². The summed E-state index contributed by atoms with van der Waals surface area (Å²) >= 11 is 5.06. The molecule has 4 nitrogen and oxygen atoms in total. The van der Waals surface area contributed by atoms with Crippen molar-refractivity contribution in [2.24, 2.45) is 0 Å². The summed E-state index contributed by atoms with van der Waals surface area (Å²) in [6.45, 7) is 3.78. The smallest absolute Gasteiger partial charge is 0.401 e. The summed E-state index contributed by atoms with van der Waals surface area (Å²) in [5.41, 5.74) is 0. The van der Waals surface area contributed by atoms with E-state index in [1.807, 2.05) is 0 Å². The maximum absolute atomic E-state index is 11.4. The number of nitrogens with one attached hydrogen (secondary N) is 2. The van der Waals surface area contributed by atoms with Crippen molar-refractivity contribution in [2.75, 3.05) is 13.1 Å². The third-order valence-electron chi connectivity index (χ3n) is 2.84. The number of ether oxygens (including phenoxy) is 1. The number of carbonyl (C=O) groups excluding carboxylic acids is 1. The first-order valence-electron chi connectivity index (χ1n) is 6.47. The molecule has 17 heavy (non-hydrogen) atoms. The van der Waals surface area contributed by atoms with E-state index in [2.05, 4.69) is 17.6 Å². The fraction of sp³-hybridized carbons (Fsp3) is 0.833. The minimum atomic E-state index is -0.416. The fourth-order valence-electron chi connectivity index (χ4n) is 1.83. The van der Waals surface area contributed by atoms with Gasteiger partial charge in [0.2, 0.25) is 0 Å². The van der Waals surface area contributed by atoms with Crippen LogP contribution in [0.4, 0.5) is 4.79 Å². The number of hydrogen-bond donors (Lipinski definition) is 2. The van der Waals surface area contributed by atoms with Crippen LogP contribution < -0.4 is 10.6 Å². The Labute approximate surface area is 108 Å². The topological polar surface area (TPSA) is 50.4 Å². The van der Waals surface area contributed by atoms with Gasteiger partial charge in [-0.05, 0) is 38.0 Å². The van der Waals surface area contributed by atoms with Gasteiger partial charge in [-0.1, -0.05) is 26.2 Å². The lowest BCUT2D eigenvalue weighted by Gasteiger charge is -2.12. The van der Waals surface area contributed by atoms with Crippen molar-refractivity contribution in [1.29, 1.82) is 0 Å². The molecule has 0 aromatic rings. The Morgan fingerprint density at radius 1 is 1.47 bits per heavy atom. The summed E-state index contributed by atoms with van der Waals surface area (Å²) in [5, 5.41) is 6.29. The average molecular weight is 258 g/mol. The van der Waals surface area contributed by atoms with Gasteiger partial charge in [0.05, 0.1) is 6.04 Å². The quantitative estimate of drug-likeness (QED) is 0.567. The Bertz CT molecular complexity index is 253. The number of amides is 1. The van der Waals surface area contributed by atoms with Gasteiger partial charge < -0.3 is 15.4 Å². The third kappa shape index (κ3) is 5.98. The highest BCUT2D eigenvalue weighted by atomic mass is 32.1. The molecule has 98 valence electrons. The molecule has 1 aliphatic rings. The maximum atomic E-state index is 11.4. The van der Waals surface area contributed by atoms with Crippen LogP contribution in [0.2, 0.25) is 0 Å². The molecule has 0 aliphatic carbocycles. The number of unbranched alkanes of at least 4 members (excludes halogenated alkanes) is 3. The van der Waals surface area contributed by atoms with Crippen LogP contribution in [0.15, 0.2) is 0 Å². The summed E-state index contributed by atoms with van der Waals surface area (Å²) < 4.78 is 5.06. The molecule has 1 aliphatic heterocycles. The van der Waals surface area contributed by atoms with Crippen molar-refractivity contribution < 1.29 is 9.53 Å². The average Bonchev–Trinajstić information content (AvgIpc) is 2.82. The molecule has 1 fully saturated rings. The lowest BCUT2D eigenvalue weighted by molar-refractivity contribution is 0.196. The number of carbonyl (C=O) groups is 1. The van der Waals surface area contributed by atoms with Crippen molar-refractivity contribution in [3.8, 4) is 0 Å². The molecule has 1 saturated heterocycles. The highest BCUT2D eigenvalue weighted by molar-refractivity contribution is 7.80. The van der Waals surface area contributed by atoms with E-state index in [-0.39, 0.29) is 6.04 Å². The SMILES string of the molecule is CCCCCCNC(=O)OC(=S)C1CCCN1. The van der Waals surface area contributed by atoms with Gasteiger partial charge in [-0.15, -0.1) is 0 Å². The van der Waals surface area contributed by atoms with Crippen molar-refractivity contribution in [1.82, 2.24) is 10.6 Å². The fourth-order valence-corrected chi connectivity index (χ4v) is 2.10. The molecule has 1 rings (SSSR count). The van der Waals surface area contributed by atoms with Gasteiger partial charge in [0.25, 0.3) is 0 Å². The zero-order chi connectivity index (χ0) is 12.5. The minimum Gasteiger partial charge on any atom is -0.401 e. The van der Waals surface area contributed by atoms with E-state index in [9.17, 15) is 4.79 Å². The number of alkyl carbamates (subject to hydrolysis) is 1. The summed E-state index contributed by atoms with van der Waals surface area (Å²) in [6.07, 6.45) is 6.18. The van der Waals surface area contributed by atoms with E-state index in [4.69, 9.17) is 17.0 Å². The molecule has 1 atom stereocenters. The molecule has 0 radical (unpaired) electrons. The number of thiocarbonyl (C=S) groups is 1. The van der Waals surface area contributed by atoms with Gasteiger partial charge in [-0.2, -0.15) is 0 Å². The Morgan fingerprint density at radius 3 is 2.94 bits per heavy atom. The molecule has 1 amide bonds. The van der Waals surface area contributed by atoms with Crippen molar-refractivity contribution in [3.05, 3.63) is 0 Å². The molecule has 2 N–H and O–H groups in total. The Kier molecular flexibility index (Phi) is 7.12. The summed E-state index contributed by atoms with van der Waals surface area (Å²) in [7, 11) is 0. The molecule has 5 heteroatoms. The van der Waals surface area contributed by atoms with Gasteiger partial charge in [0.15, 0.2) is 5.05 Å². The lowest BCUT2D eigenvalue weighted by atomic mass is 10.2. The molecule has 0 aromatic carbocycles. The van der Waals surface area contributed by atoms with E-state index in [0.717, 1.165) is 32.2 Å². The van der Waals surface area contributed by atoms with Gasteiger partial charge in [0, 0.05) is 6.54 Å². The van der Waals surface area contributed by atoms with Gasteiger partial charge in [-0.3, -0.25) is 0 Å². The third-order valence-corrected chi connectivity index (χ3v) is 3.21. The largest absolute Gasteiger partial charge is 0.413 e. The van der Waals surface area contributed by atoms with Crippen molar-refractivity contribution in [2.45, 2.75) is 51.5 Å². The monoisotopic (exact) mass is 258 g/mol. The van der Waals surface area contributed by atoms with Crippen LogP contribution in [0, 0.1) is 0 Å². The molecule has 1 heterocycles. The molecule has 0 spiro atoms. The second kappa shape index (κ2) is 8.42. The first kappa shape index (κ1) is 14.4. The number of hydrogen-bond acceptors (Lipinski definition) is 4. The minimum absolute atomic E-state index is 0.0656. The highest BCUT2D eigenvalue weighted by Crippen LogP contribution is 2.08. The summed E-state index contributed by atoms with van der Waals surface area (Å²) in [5.74, 6) is 0. The molecule has 0 bridgehead atoms. The summed E-state index contributed by atoms with van der Waals surface area (Å²) in [4.78, 5) is 11.4. The highest BCUT2D eigenvalue weighted by Gasteiger charge is 2.21. The van der Waals surface area contributed by atoms with Crippen LogP contribution in [-0.2, 0) is 4.74 Å². The number of rotatable bonds is 6. The van der Waals surface area contributed by atoms with Crippen LogP contribution in [0.5, 0.6) is 0 Å². The second-order valence-electron chi connectivity index (χ2n) is 4.34. The standard InChI is InChI=1S/C12H22N2O2S/c1-2-3-4-5-8-14-12(15)16-11(17)10-7-6-9-13-10/h10,13H,2-9H2,1H3,(H,14,15). The van der Waals surface area contributed by atoms with Crippen LogP contribution in [0.1, 0.15) is 45.4 Å². The predicted molar refractivity (Wildman–Crippen MR) is 72.2 cm³/mol. The zero-order valence-corrected chi connectivity index (χ0v) is 11.3. The van der Waals surface area contributed by atoms with Gasteiger partial charge in [-0.25, -0.2) is 4.79 Å². The van der Waals surface area contributed by atoms with Gasteiger partial charge >= 0.3 is 6.09 Å². The summed E-state index contributed by atoms with van der Waals surface area (Å²) in [6, 6.07) is 0.0656. The molecular formula is C12H22N2O2S. The predicted octanol–water partition coefficient (Wildman–Crippen LogP) is 2.37. The van der Waals surface area contributed by atoms with Gasteiger partial charge in [0.1, 0.15) is 0 Å². The maximum Gasteiger partial charge on any atom is 0.413 e. The Morgan fingerprint density at radius 2 is 2.29 bits per heavy atom. The Balaban J connectivity index is 2.05. The molecule has 0 aromatic heterocycles. The van der Waals surface area contributed by atoms with Crippen LogP contribution in [-0.4, -0.2) is 30.3 Å². The van der Waals surface area contributed by atoms with Crippen molar-refractivity contribution in [3.63, 3.8) is 0 Å². The van der Waals surface area contributed by atoms with E-state index in [1.54, 1.807) is 0 Å². The normalized spacial score (nSPS) is 19.0. The second-order valence-corrected chi connectivity index (χ2v) is 4.75. The van der Waals surface area contributed by atoms with E-state index >= 15 is 0 Å². The van der Waals surface area contributed by atoms with Crippen LogP contribution in [0.25, 0.3) is 0 Å². The lowest BCUT2D eigenvalue weighted by Crippen LogP contribution is -2.36. The van der Waals surface area contributed by atoms with Crippen LogP contribution >= 0.6 is 12.2 Å². The van der Waals surface area contributed by atoms with E-state index in [0.29, 0.717) is 11.6 Å².